The summed E-state index contributed by atoms with van der Waals surface area (Å²) in [6.45, 7) is 0. The lowest BCUT2D eigenvalue weighted by Gasteiger charge is -2.19. The predicted octanol–water partition coefficient (Wildman–Crippen LogP) is 3.83. The normalized spacial score (nSPS) is 11.7. The summed E-state index contributed by atoms with van der Waals surface area (Å²) in [6.07, 6.45) is 4.02. The monoisotopic (exact) mass is 411 g/mol. The number of hydrogen-bond acceptors (Lipinski definition) is 5. The highest BCUT2D eigenvalue weighted by Crippen LogP contribution is 2.24. The summed E-state index contributed by atoms with van der Waals surface area (Å²) in [5.41, 5.74) is 0.955. The fraction of sp³-hybridized carbons (Fsp3) is 0.273. The van der Waals surface area contributed by atoms with Gasteiger partial charge < -0.3 is 19.4 Å². The van der Waals surface area contributed by atoms with Gasteiger partial charge in [0.2, 0.25) is 5.91 Å². The number of nitrogens with zero attached hydrogens (tertiary/aromatic N) is 2. The number of rotatable bonds is 9. The molecule has 7 heteroatoms. The molecule has 152 valence electrons. The third kappa shape index (κ3) is 5.54. The summed E-state index contributed by atoms with van der Waals surface area (Å²) in [7, 11) is 5.20. The molecule has 6 nitrogen and oxygen atoms in total. The van der Waals surface area contributed by atoms with E-state index in [0.29, 0.717) is 12.2 Å². The number of imidazole rings is 1. The van der Waals surface area contributed by atoms with Crippen molar-refractivity contribution in [2.45, 2.75) is 17.4 Å². The zero-order valence-corrected chi connectivity index (χ0v) is 17.6. The van der Waals surface area contributed by atoms with Crippen molar-refractivity contribution < 1.29 is 14.3 Å². The van der Waals surface area contributed by atoms with Crippen molar-refractivity contribution in [3.05, 3.63) is 72.3 Å². The van der Waals surface area contributed by atoms with Crippen LogP contribution in [0.3, 0.4) is 0 Å². The zero-order chi connectivity index (χ0) is 20.6. The van der Waals surface area contributed by atoms with E-state index in [1.807, 2.05) is 66.3 Å². The standard InChI is InChI=1S/C22H25N3O3S/c1-25-14-13-23-22(25)21(16-4-6-17(27-2)7-5-16)24-20(26)12-15-29-19-10-8-18(28-3)9-11-19/h4-11,13-14,21H,12,15H2,1-3H3,(H,24,26). The van der Waals surface area contributed by atoms with Gasteiger partial charge in [-0.1, -0.05) is 12.1 Å². The van der Waals surface area contributed by atoms with Gasteiger partial charge in [0.1, 0.15) is 23.4 Å². The smallest absolute Gasteiger partial charge is 0.221 e. The molecule has 1 amide bonds. The van der Waals surface area contributed by atoms with Crippen LogP contribution < -0.4 is 14.8 Å². The van der Waals surface area contributed by atoms with Gasteiger partial charge in [0.15, 0.2) is 0 Å². The molecule has 0 fully saturated rings. The molecule has 0 saturated heterocycles. The number of thioether (sulfide) groups is 1. The van der Waals surface area contributed by atoms with Crippen LogP contribution >= 0.6 is 11.8 Å². The molecule has 29 heavy (non-hydrogen) atoms. The number of carbonyl (C=O) groups is 1. The summed E-state index contributed by atoms with van der Waals surface area (Å²) in [5, 5.41) is 3.12. The largest absolute Gasteiger partial charge is 0.497 e. The number of ether oxygens (including phenoxy) is 2. The van der Waals surface area contributed by atoms with E-state index in [4.69, 9.17) is 9.47 Å². The Morgan fingerprint density at radius 1 is 1.07 bits per heavy atom. The van der Waals surface area contributed by atoms with Crippen molar-refractivity contribution in [3.8, 4) is 11.5 Å². The average molecular weight is 412 g/mol. The summed E-state index contributed by atoms with van der Waals surface area (Å²) >= 11 is 1.64. The van der Waals surface area contributed by atoms with Crippen LogP contribution in [0.15, 0.2) is 65.8 Å². The van der Waals surface area contributed by atoms with E-state index in [0.717, 1.165) is 27.8 Å². The highest BCUT2D eigenvalue weighted by molar-refractivity contribution is 7.99. The second-order valence-electron chi connectivity index (χ2n) is 6.44. The fourth-order valence-electron chi connectivity index (χ4n) is 2.92. The van der Waals surface area contributed by atoms with Crippen molar-refractivity contribution in [1.82, 2.24) is 14.9 Å². The van der Waals surface area contributed by atoms with E-state index >= 15 is 0 Å². The van der Waals surface area contributed by atoms with Gasteiger partial charge in [-0.25, -0.2) is 4.98 Å². The SMILES string of the molecule is COc1ccc(SCCC(=O)NC(c2ccc(OC)cc2)c2nccn2C)cc1. The number of aryl methyl sites for hydroxylation is 1. The minimum absolute atomic E-state index is 0.0187. The minimum atomic E-state index is -0.320. The van der Waals surface area contributed by atoms with Crippen LogP contribution in [0.2, 0.25) is 0 Å². The molecular weight excluding hydrogens is 386 g/mol. The van der Waals surface area contributed by atoms with Crippen LogP contribution in [0.4, 0.5) is 0 Å². The predicted molar refractivity (Wildman–Crippen MR) is 115 cm³/mol. The third-order valence-electron chi connectivity index (χ3n) is 4.53. The van der Waals surface area contributed by atoms with Crippen LogP contribution in [0.5, 0.6) is 11.5 Å². The van der Waals surface area contributed by atoms with Crippen LogP contribution in [-0.2, 0) is 11.8 Å². The Morgan fingerprint density at radius 2 is 1.69 bits per heavy atom. The first-order chi connectivity index (χ1) is 14.1. The number of nitrogens with one attached hydrogen (secondary N) is 1. The first-order valence-electron chi connectivity index (χ1n) is 9.28. The molecular formula is C22H25N3O3S. The molecule has 3 aromatic rings. The van der Waals surface area contributed by atoms with Crippen molar-refractivity contribution in [2.24, 2.45) is 7.05 Å². The Kier molecular flexibility index (Phi) is 7.19. The molecule has 0 aliphatic rings. The first kappa shape index (κ1) is 20.8. The molecule has 1 aromatic heterocycles. The Balaban J connectivity index is 1.63. The van der Waals surface area contributed by atoms with Crippen LogP contribution in [-0.4, -0.2) is 35.4 Å². The van der Waals surface area contributed by atoms with Crippen molar-refractivity contribution in [3.63, 3.8) is 0 Å². The number of hydrogen-bond donors (Lipinski definition) is 1. The lowest BCUT2D eigenvalue weighted by atomic mass is 10.1. The van der Waals surface area contributed by atoms with Crippen LogP contribution in [0.1, 0.15) is 23.9 Å². The van der Waals surface area contributed by atoms with Crippen molar-refractivity contribution in [2.75, 3.05) is 20.0 Å². The van der Waals surface area contributed by atoms with Gasteiger partial charge in [0.05, 0.1) is 14.2 Å². The Morgan fingerprint density at radius 3 is 2.24 bits per heavy atom. The van der Waals surface area contributed by atoms with E-state index in [-0.39, 0.29) is 11.9 Å². The number of benzene rings is 2. The van der Waals surface area contributed by atoms with Gasteiger partial charge in [-0.05, 0) is 42.0 Å². The quantitative estimate of drug-likeness (QED) is 0.542. The summed E-state index contributed by atoms with van der Waals surface area (Å²) < 4.78 is 12.3. The highest BCUT2D eigenvalue weighted by Gasteiger charge is 2.20. The second-order valence-corrected chi connectivity index (χ2v) is 7.61. The number of aromatic nitrogens is 2. The van der Waals surface area contributed by atoms with Crippen molar-refractivity contribution >= 4 is 17.7 Å². The van der Waals surface area contributed by atoms with E-state index in [1.165, 1.54) is 0 Å². The lowest BCUT2D eigenvalue weighted by molar-refractivity contribution is -0.121. The third-order valence-corrected chi connectivity index (χ3v) is 5.54. The Hall–Kier alpha value is -2.93. The van der Waals surface area contributed by atoms with E-state index < -0.39 is 0 Å². The van der Waals surface area contributed by atoms with Gasteiger partial charge in [0.25, 0.3) is 0 Å². The molecule has 0 spiro atoms. The molecule has 3 rings (SSSR count). The fourth-order valence-corrected chi connectivity index (χ4v) is 3.77. The van der Waals surface area contributed by atoms with Crippen LogP contribution in [0.25, 0.3) is 0 Å². The molecule has 0 saturated carbocycles. The number of carbonyl (C=O) groups excluding carboxylic acids is 1. The molecule has 0 aliphatic heterocycles. The van der Waals surface area contributed by atoms with Gasteiger partial charge in [-0.3, -0.25) is 4.79 Å². The maximum absolute atomic E-state index is 12.6. The Labute approximate surface area is 175 Å². The van der Waals surface area contributed by atoms with E-state index in [9.17, 15) is 4.79 Å². The molecule has 2 aromatic carbocycles. The van der Waals surface area contributed by atoms with Gasteiger partial charge >= 0.3 is 0 Å². The zero-order valence-electron chi connectivity index (χ0n) is 16.8. The second kappa shape index (κ2) is 10.0. The minimum Gasteiger partial charge on any atom is -0.497 e. The van der Waals surface area contributed by atoms with Gasteiger partial charge in [-0.2, -0.15) is 0 Å². The lowest BCUT2D eigenvalue weighted by Crippen LogP contribution is -2.31. The van der Waals surface area contributed by atoms with Crippen LogP contribution in [0, 0.1) is 0 Å². The van der Waals surface area contributed by atoms with E-state index in [1.54, 1.807) is 32.2 Å². The van der Waals surface area contributed by atoms with Crippen molar-refractivity contribution in [1.29, 1.82) is 0 Å². The molecule has 0 bridgehead atoms. The maximum atomic E-state index is 12.6. The maximum Gasteiger partial charge on any atom is 0.221 e. The molecule has 1 N–H and O–H groups in total. The van der Waals surface area contributed by atoms with E-state index in [2.05, 4.69) is 10.3 Å². The molecule has 0 radical (unpaired) electrons. The average Bonchev–Trinajstić information content (AvgIpc) is 3.18. The molecule has 1 atom stereocenters. The molecule has 1 unspecified atom stereocenters. The number of amides is 1. The van der Waals surface area contributed by atoms with Gasteiger partial charge in [-0.15, -0.1) is 11.8 Å². The summed E-state index contributed by atoms with van der Waals surface area (Å²) in [6, 6.07) is 15.2. The summed E-state index contributed by atoms with van der Waals surface area (Å²) in [5.74, 6) is 3.05. The molecule has 1 heterocycles. The highest BCUT2D eigenvalue weighted by atomic mass is 32.2. The molecule has 0 aliphatic carbocycles. The Bertz CT molecular complexity index is 923. The first-order valence-corrected chi connectivity index (χ1v) is 10.3. The topological polar surface area (TPSA) is 65.4 Å². The number of methoxy groups -OCH3 is 2. The van der Waals surface area contributed by atoms with Gasteiger partial charge in [0, 0.05) is 36.5 Å². The summed E-state index contributed by atoms with van der Waals surface area (Å²) in [4.78, 5) is 18.2.